The topological polar surface area (TPSA) is 29.1 Å². The number of hydrogen-bond acceptors (Lipinski definition) is 2. The van der Waals surface area contributed by atoms with Crippen LogP contribution in [-0.2, 0) is 11.2 Å². The molecule has 0 saturated carbocycles. The third-order valence-corrected chi connectivity index (χ3v) is 5.08. The lowest BCUT2D eigenvalue weighted by Crippen LogP contribution is -2.25. The molecular weight excluding hydrogens is 365 g/mol. The second kappa shape index (κ2) is 8.96. The molecule has 0 heterocycles. The van der Waals surface area contributed by atoms with Gasteiger partial charge in [-0.05, 0) is 52.2 Å². The van der Waals surface area contributed by atoms with Crippen LogP contribution >= 0.6 is 27.7 Å². The summed E-state index contributed by atoms with van der Waals surface area (Å²) in [6.45, 7) is 0.530. The molecule has 0 spiro atoms. The average Bonchev–Trinajstić information content (AvgIpc) is 2.49. The fourth-order valence-electron chi connectivity index (χ4n) is 1.94. The molecule has 1 amide bonds. The smallest absolute Gasteiger partial charge is 0.220 e. The first-order valence-corrected chi connectivity index (χ1v) is 8.81. The van der Waals surface area contributed by atoms with Gasteiger partial charge in [0.2, 0.25) is 5.91 Å². The van der Waals surface area contributed by atoms with Crippen molar-refractivity contribution in [1.29, 1.82) is 0 Å². The van der Waals surface area contributed by atoms with E-state index in [1.54, 1.807) is 17.8 Å². The van der Waals surface area contributed by atoms with Crippen LogP contribution in [0.4, 0.5) is 4.39 Å². The van der Waals surface area contributed by atoms with E-state index in [0.717, 1.165) is 20.7 Å². The highest BCUT2D eigenvalue weighted by molar-refractivity contribution is 9.10. The van der Waals surface area contributed by atoms with Gasteiger partial charge in [0.15, 0.2) is 0 Å². The minimum atomic E-state index is -0.242. The molecule has 0 atom stereocenters. The molecule has 0 aliphatic rings. The maximum Gasteiger partial charge on any atom is 0.220 e. The van der Waals surface area contributed by atoms with Gasteiger partial charge in [-0.15, -0.1) is 11.8 Å². The summed E-state index contributed by atoms with van der Waals surface area (Å²) >= 11 is 5.13. The number of hydrogen-bond donors (Lipinski definition) is 1. The number of benzene rings is 2. The zero-order valence-electron chi connectivity index (χ0n) is 12.0. The molecule has 2 rings (SSSR count). The summed E-state index contributed by atoms with van der Waals surface area (Å²) in [5.74, 6) is 0.513. The Morgan fingerprint density at radius 1 is 1.18 bits per heavy atom. The summed E-state index contributed by atoms with van der Waals surface area (Å²) in [5, 5.41) is 2.87. The van der Waals surface area contributed by atoms with Crippen LogP contribution in [0.1, 0.15) is 12.0 Å². The molecule has 5 heteroatoms. The molecular formula is C17H17BrFNOS. The third kappa shape index (κ3) is 5.81. The van der Waals surface area contributed by atoms with Crippen molar-refractivity contribution in [2.45, 2.75) is 17.7 Å². The van der Waals surface area contributed by atoms with E-state index >= 15 is 0 Å². The van der Waals surface area contributed by atoms with Gasteiger partial charge in [0, 0.05) is 28.1 Å². The fourth-order valence-corrected chi connectivity index (χ4v) is 3.46. The predicted octanol–water partition coefficient (Wildman–Crippen LogP) is 4.43. The van der Waals surface area contributed by atoms with Crippen molar-refractivity contribution >= 4 is 33.6 Å². The van der Waals surface area contributed by atoms with E-state index < -0.39 is 0 Å². The van der Waals surface area contributed by atoms with E-state index in [4.69, 9.17) is 0 Å². The summed E-state index contributed by atoms with van der Waals surface area (Å²) < 4.78 is 14.1. The highest BCUT2D eigenvalue weighted by atomic mass is 79.9. The van der Waals surface area contributed by atoms with Crippen LogP contribution in [0.2, 0.25) is 0 Å². The van der Waals surface area contributed by atoms with Crippen molar-refractivity contribution in [2.75, 3.05) is 12.3 Å². The van der Waals surface area contributed by atoms with Gasteiger partial charge in [-0.3, -0.25) is 4.79 Å². The zero-order chi connectivity index (χ0) is 15.8. The molecule has 0 radical (unpaired) electrons. The van der Waals surface area contributed by atoms with Crippen molar-refractivity contribution < 1.29 is 9.18 Å². The van der Waals surface area contributed by atoms with Crippen molar-refractivity contribution in [3.8, 4) is 0 Å². The highest BCUT2D eigenvalue weighted by Crippen LogP contribution is 2.27. The summed E-state index contributed by atoms with van der Waals surface area (Å²) in [7, 11) is 0. The fraction of sp³-hybridized carbons (Fsp3) is 0.235. The van der Waals surface area contributed by atoms with Crippen LogP contribution < -0.4 is 5.32 Å². The number of carbonyl (C=O) groups excluding carboxylic acids is 1. The Balaban J connectivity index is 1.65. The Bertz CT molecular complexity index is 636. The largest absolute Gasteiger partial charge is 0.356 e. The zero-order valence-corrected chi connectivity index (χ0v) is 14.4. The number of halogens is 2. The molecule has 0 fully saturated rings. The number of nitrogens with one attached hydrogen (secondary N) is 1. The minimum Gasteiger partial charge on any atom is -0.356 e. The van der Waals surface area contributed by atoms with Gasteiger partial charge >= 0.3 is 0 Å². The van der Waals surface area contributed by atoms with Crippen molar-refractivity contribution in [3.05, 3.63) is 64.4 Å². The molecule has 0 aliphatic carbocycles. The van der Waals surface area contributed by atoms with Crippen LogP contribution in [0.25, 0.3) is 0 Å². The van der Waals surface area contributed by atoms with Crippen molar-refractivity contribution in [2.24, 2.45) is 0 Å². The lowest BCUT2D eigenvalue weighted by molar-refractivity contribution is -0.120. The number of rotatable bonds is 7. The predicted molar refractivity (Wildman–Crippen MR) is 92.6 cm³/mol. The summed E-state index contributed by atoms with van der Waals surface area (Å²) in [5.41, 5.74) is 0.892. The average molecular weight is 382 g/mol. The van der Waals surface area contributed by atoms with Gasteiger partial charge in [0.25, 0.3) is 0 Å². The van der Waals surface area contributed by atoms with Gasteiger partial charge in [-0.25, -0.2) is 4.39 Å². The highest BCUT2D eigenvalue weighted by Gasteiger charge is 2.04. The first kappa shape index (κ1) is 17.0. The molecule has 116 valence electrons. The van der Waals surface area contributed by atoms with Crippen molar-refractivity contribution in [1.82, 2.24) is 5.32 Å². The maximum atomic E-state index is 13.0. The number of amides is 1. The second-order valence-electron chi connectivity index (χ2n) is 4.76. The second-order valence-corrected chi connectivity index (χ2v) is 6.75. The van der Waals surface area contributed by atoms with E-state index in [-0.39, 0.29) is 11.7 Å². The molecule has 2 aromatic carbocycles. The van der Waals surface area contributed by atoms with Crippen LogP contribution in [0.5, 0.6) is 0 Å². The number of thioether (sulfide) groups is 1. The lowest BCUT2D eigenvalue weighted by Gasteiger charge is -2.06. The van der Waals surface area contributed by atoms with Crippen LogP contribution in [-0.4, -0.2) is 18.2 Å². The van der Waals surface area contributed by atoms with E-state index in [0.29, 0.717) is 19.4 Å². The summed E-state index contributed by atoms with van der Waals surface area (Å²) in [6, 6.07) is 14.4. The molecule has 22 heavy (non-hydrogen) atoms. The summed E-state index contributed by atoms with van der Waals surface area (Å²) in [6.07, 6.45) is 1.11. The van der Waals surface area contributed by atoms with Crippen molar-refractivity contribution in [3.63, 3.8) is 0 Å². The molecule has 0 unspecified atom stereocenters. The van der Waals surface area contributed by atoms with Gasteiger partial charge < -0.3 is 5.32 Å². The van der Waals surface area contributed by atoms with Crippen LogP contribution in [0.3, 0.4) is 0 Å². The van der Waals surface area contributed by atoms with Gasteiger partial charge in [-0.2, -0.15) is 0 Å². The van der Waals surface area contributed by atoms with Gasteiger partial charge in [0.05, 0.1) is 0 Å². The Labute approximate surface area is 142 Å². The molecule has 2 nitrogen and oxygen atoms in total. The van der Waals surface area contributed by atoms with Gasteiger partial charge in [-0.1, -0.05) is 24.3 Å². The van der Waals surface area contributed by atoms with E-state index in [1.807, 2.05) is 30.3 Å². The van der Waals surface area contributed by atoms with Gasteiger partial charge in [0.1, 0.15) is 5.82 Å². The van der Waals surface area contributed by atoms with Crippen LogP contribution in [0.15, 0.2) is 57.9 Å². The maximum absolute atomic E-state index is 13.0. The molecule has 0 bridgehead atoms. The Morgan fingerprint density at radius 2 is 2.00 bits per heavy atom. The van der Waals surface area contributed by atoms with E-state index in [9.17, 15) is 9.18 Å². The lowest BCUT2D eigenvalue weighted by atomic mass is 10.1. The molecule has 0 aromatic heterocycles. The Hall–Kier alpha value is -1.33. The van der Waals surface area contributed by atoms with E-state index in [2.05, 4.69) is 21.2 Å². The number of carbonyl (C=O) groups is 1. The molecule has 2 aromatic rings. The first-order chi connectivity index (χ1) is 10.6. The Morgan fingerprint density at radius 3 is 2.77 bits per heavy atom. The quantitative estimate of drug-likeness (QED) is 0.718. The molecule has 1 N–H and O–H groups in total. The van der Waals surface area contributed by atoms with E-state index in [1.165, 1.54) is 12.1 Å². The third-order valence-electron chi connectivity index (χ3n) is 3.05. The SMILES string of the molecule is O=C(CCSc1ccccc1Br)NCCc1cccc(F)c1. The standard InChI is InChI=1S/C17H17BrFNOS/c18-15-6-1-2-7-16(15)22-11-9-17(21)20-10-8-13-4-3-5-14(19)12-13/h1-7,12H,8-11H2,(H,20,21). The summed E-state index contributed by atoms with van der Waals surface area (Å²) in [4.78, 5) is 12.9. The Kier molecular flexibility index (Phi) is 6.93. The minimum absolute atomic E-state index is 0.0240. The molecule has 0 saturated heterocycles. The van der Waals surface area contributed by atoms with Crippen LogP contribution in [0, 0.1) is 5.82 Å². The first-order valence-electron chi connectivity index (χ1n) is 7.03. The molecule has 0 aliphatic heterocycles. The monoisotopic (exact) mass is 381 g/mol. The normalized spacial score (nSPS) is 10.5.